The Bertz CT molecular complexity index is 580. The molecule has 0 amide bonds. The van der Waals surface area contributed by atoms with Gasteiger partial charge in [0, 0.05) is 35.0 Å². The van der Waals surface area contributed by atoms with Crippen LogP contribution in [0.3, 0.4) is 0 Å². The fraction of sp³-hybridized carbons (Fsp3) is 0.357. The van der Waals surface area contributed by atoms with Gasteiger partial charge >= 0.3 is 0 Å². The average Bonchev–Trinajstić information content (AvgIpc) is 2.80. The highest BCUT2D eigenvalue weighted by Gasteiger charge is 2.18. The Morgan fingerprint density at radius 2 is 2.21 bits per heavy atom. The van der Waals surface area contributed by atoms with E-state index in [1.807, 2.05) is 13.8 Å². The predicted octanol–water partition coefficient (Wildman–Crippen LogP) is 3.34. The van der Waals surface area contributed by atoms with Crippen molar-refractivity contribution < 1.29 is 14.3 Å². The van der Waals surface area contributed by atoms with Gasteiger partial charge in [0.1, 0.15) is 5.75 Å². The van der Waals surface area contributed by atoms with E-state index < -0.39 is 6.10 Å². The van der Waals surface area contributed by atoms with Crippen molar-refractivity contribution in [3.63, 3.8) is 0 Å². The van der Waals surface area contributed by atoms with Crippen molar-refractivity contribution in [2.75, 3.05) is 7.11 Å². The molecule has 0 aliphatic heterocycles. The molecular formula is C14H16BrNO3. The highest BCUT2D eigenvalue weighted by molar-refractivity contribution is 9.10. The highest BCUT2D eigenvalue weighted by Crippen LogP contribution is 2.30. The van der Waals surface area contributed by atoms with E-state index in [1.165, 1.54) is 0 Å². The Morgan fingerprint density at radius 1 is 1.47 bits per heavy atom. The first-order chi connectivity index (χ1) is 9.04. The van der Waals surface area contributed by atoms with Crippen LogP contribution in [0.25, 0.3) is 0 Å². The summed E-state index contributed by atoms with van der Waals surface area (Å²) in [5, 5.41) is 10.2. The molecule has 2 heterocycles. The Labute approximate surface area is 120 Å². The minimum atomic E-state index is -0.660. The average molecular weight is 326 g/mol. The summed E-state index contributed by atoms with van der Waals surface area (Å²) in [6.45, 7) is 3.90. The van der Waals surface area contributed by atoms with Crippen LogP contribution in [0.1, 0.15) is 28.5 Å². The summed E-state index contributed by atoms with van der Waals surface area (Å²) in [4.78, 5) is 4.38. The molecule has 19 heavy (non-hydrogen) atoms. The SMILES string of the molecule is COc1c(C)cnc(CC(O)c2ccoc2Br)c1C. The third-order valence-corrected chi connectivity index (χ3v) is 3.79. The van der Waals surface area contributed by atoms with Crippen LogP contribution in [0.4, 0.5) is 0 Å². The van der Waals surface area contributed by atoms with E-state index in [0.29, 0.717) is 11.1 Å². The van der Waals surface area contributed by atoms with E-state index in [2.05, 4.69) is 20.9 Å². The van der Waals surface area contributed by atoms with Gasteiger partial charge in [-0.25, -0.2) is 0 Å². The lowest BCUT2D eigenvalue weighted by atomic mass is 10.0. The van der Waals surface area contributed by atoms with Crippen molar-refractivity contribution in [3.8, 4) is 5.75 Å². The summed E-state index contributed by atoms with van der Waals surface area (Å²) >= 11 is 3.27. The molecule has 2 rings (SSSR count). The smallest absolute Gasteiger partial charge is 0.174 e. The molecule has 1 N–H and O–H groups in total. The van der Waals surface area contributed by atoms with Crippen molar-refractivity contribution in [2.24, 2.45) is 0 Å². The Kier molecular flexibility index (Phi) is 4.27. The summed E-state index contributed by atoms with van der Waals surface area (Å²) in [6, 6.07) is 1.75. The molecule has 0 aromatic carbocycles. The lowest BCUT2D eigenvalue weighted by Gasteiger charge is -2.14. The van der Waals surface area contributed by atoms with E-state index in [9.17, 15) is 5.11 Å². The first-order valence-electron chi connectivity index (χ1n) is 5.94. The molecule has 2 aromatic rings. The molecule has 1 unspecified atom stereocenters. The second-order valence-corrected chi connectivity index (χ2v) is 5.14. The van der Waals surface area contributed by atoms with Gasteiger partial charge in [0.15, 0.2) is 4.67 Å². The van der Waals surface area contributed by atoms with E-state index in [0.717, 1.165) is 28.1 Å². The van der Waals surface area contributed by atoms with E-state index in [4.69, 9.17) is 9.15 Å². The minimum absolute atomic E-state index is 0.417. The standard InChI is InChI=1S/C14H16BrNO3/c1-8-7-16-11(9(2)13(8)18-3)6-12(17)10-4-5-19-14(10)15/h4-5,7,12,17H,6H2,1-3H3. The Hall–Kier alpha value is -1.33. The lowest BCUT2D eigenvalue weighted by molar-refractivity contribution is 0.174. The molecular weight excluding hydrogens is 310 g/mol. The van der Waals surface area contributed by atoms with Gasteiger partial charge in [0.2, 0.25) is 0 Å². The summed E-state index contributed by atoms with van der Waals surface area (Å²) in [5.41, 5.74) is 3.49. The van der Waals surface area contributed by atoms with Gasteiger partial charge in [0.05, 0.1) is 19.5 Å². The number of furan rings is 1. The van der Waals surface area contributed by atoms with Crippen molar-refractivity contribution in [1.29, 1.82) is 0 Å². The molecule has 0 spiro atoms. The summed E-state index contributed by atoms with van der Waals surface area (Å²) in [5.74, 6) is 0.823. The lowest BCUT2D eigenvalue weighted by Crippen LogP contribution is -2.06. The van der Waals surface area contributed by atoms with Crippen LogP contribution in [0.15, 0.2) is 27.6 Å². The van der Waals surface area contributed by atoms with Crippen LogP contribution in [0.5, 0.6) is 5.75 Å². The molecule has 0 radical (unpaired) electrons. The molecule has 0 aliphatic rings. The zero-order valence-electron chi connectivity index (χ0n) is 11.1. The van der Waals surface area contributed by atoms with Crippen molar-refractivity contribution >= 4 is 15.9 Å². The number of hydrogen-bond acceptors (Lipinski definition) is 4. The quantitative estimate of drug-likeness (QED) is 0.936. The molecule has 0 aliphatic carbocycles. The van der Waals surface area contributed by atoms with Gasteiger partial charge in [-0.1, -0.05) is 0 Å². The normalized spacial score (nSPS) is 12.5. The maximum Gasteiger partial charge on any atom is 0.174 e. The Morgan fingerprint density at radius 3 is 2.79 bits per heavy atom. The third-order valence-electron chi connectivity index (χ3n) is 3.14. The number of pyridine rings is 1. The van der Waals surface area contributed by atoms with Crippen molar-refractivity contribution in [2.45, 2.75) is 26.4 Å². The molecule has 0 saturated carbocycles. The van der Waals surface area contributed by atoms with Gasteiger partial charge in [-0.15, -0.1) is 0 Å². The number of methoxy groups -OCH3 is 1. The van der Waals surface area contributed by atoms with E-state index >= 15 is 0 Å². The van der Waals surface area contributed by atoms with Crippen LogP contribution < -0.4 is 4.74 Å². The first kappa shape index (κ1) is 14.1. The molecule has 0 saturated heterocycles. The van der Waals surface area contributed by atoms with Crippen LogP contribution in [-0.2, 0) is 6.42 Å². The van der Waals surface area contributed by atoms with Crippen LogP contribution >= 0.6 is 15.9 Å². The topological polar surface area (TPSA) is 55.5 Å². The number of halogens is 1. The maximum atomic E-state index is 10.2. The summed E-state index contributed by atoms with van der Waals surface area (Å²) < 4.78 is 11.0. The molecule has 5 heteroatoms. The number of aryl methyl sites for hydroxylation is 1. The van der Waals surface area contributed by atoms with Crippen molar-refractivity contribution in [3.05, 3.63) is 45.6 Å². The highest BCUT2D eigenvalue weighted by atomic mass is 79.9. The number of hydrogen-bond donors (Lipinski definition) is 1. The third kappa shape index (κ3) is 2.82. The zero-order valence-corrected chi connectivity index (χ0v) is 12.7. The fourth-order valence-corrected chi connectivity index (χ4v) is 2.62. The molecule has 2 aromatic heterocycles. The molecule has 0 fully saturated rings. The predicted molar refractivity (Wildman–Crippen MR) is 75.3 cm³/mol. The van der Waals surface area contributed by atoms with Crippen molar-refractivity contribution in [1.82, 2.24) is 4.98 Å². The number of rotatable bonds is 4. The van der Waals surface area contributed by atoms with Crippen LogP contribution in [-0.4, -0.2) is 17.2 Å². The van der Waals surface area contributed by atoms with Gasteiger partial charge < -0.3 is 14.3 Å². The monoisotopic (exact) mass is 325 g/mol. The molecule has 102 valence electrons. The van der Waals surface area contributed by atoms with Gasteiger partial charge in [0.25, 0.3) is 0 Å². The number of aliphatic hydroxyl groups excluding tert-OH is 1. The van der Waals surface area contributed by atoms with Gasteiger partial charge in [-0.2, -0.15) is 0 Å². The maximum absolute atomic E-state index is 10.2. The van der Waals surface area contributed by atoms with Gasteiger partial charge in [-0.3, -0.25) is 4.98 Å². The minimum Gasteiger partial charge on any atom is -0.496 e. The zero-order chi connectivity index (χ0) is 14.0. The molecule has 4 nitrogen and oxygen atoms in total. The summed E-state index contributed by atoms with van der Waals surface area (Å²) in [6.07, 6.45) is 3.06. The molecule has 0 bridgehead atoms. The number of nitrogens with zero attached hydrogens (tertiary/aromatic N) is 1. The van der Waals surface area contributed by atoms with E-state index in [-0.39, 0.29) is 0 Å². The van der Waals surface area contributed by atoms with E-state index in [1.54, 1.807) is 25.6 Å². The Balaban J connectivity index is 2.27. The largest absolute Gasteiger partial charge is 0.496 e. The van der Waals surface area contributed by atoms with Crippen LogP contribution in [0.2, 0.25) is 0 Å². The number of aromatic nitrogens is 1. The second kappa shape index (κ2) is 5.75. The fourth-order valence-electron chi connectivity index (χ4n) is 2.11. The van der Waals surface area contributed by atoms with Gasteiger partial charge in [-0.05, 0) is 35.8 Å². The first-order valence-corrected chi connectivity index (χ1v) is 6.74. The number of aliphatic hydroxyl groups is 1. The molecule has 1 atom stereocenters. The second-order valence-electron chi connectivity index (χ2n) is 4.42. The number of ether oxygens (including phenoxy) is 1. The van der Waals surface area contributed by atoms with Crippen LogP contribution in [0, 0.1) is 13.8 Å². The summed E-state index contributed by atoms with van der Waals surface area (Å²) in [7, 11) is 1.64.